The van der Waals surface area contributed by atoms with Crippen LogP contribution in [0.5, 0.6) is 17.2 Å². The Hall–Kier alpha value is -2.41. The maximum atomic E-state index is 11.3. The lowest BCUT2D eigenvalue weighted by Gasteiger charge is -2.10. The molecule has 0 radical (unpaired) electrons. The lowest BCUT2D eigenvalue weighted by atomic mass is 10.1. The molecule has 4 N–H and O–H groups in total. The fourth-order valence-electron chi connectivity index (χ4n) is 1.77. The van der Waals surface area contributed by atoms with Gasteiger partial charge in [-0.2, -0.15) is 0 Å². The highest BCUT2D eigenvalue weighted by Gasteiger charge is 2.11. The first-order valence-electron chi connectivity index (χ1n) is 6.06. The number of nitrogens with one attached hydrogen (secondary N) is 1. The summed E-state index contributed by atoms with van der Waals surface area (Å²) in [5, 5.41) is 31.3. The molecule has 0 saturated heterocycles. The number of phenolic OH excluding ortho intramolecular Hbond substituents is 3. The van der Waals surface area contributed by atoms with Gasteiger partial charge in [0.05, 0.1) is 4.90 Å². The summed E-state index contributed by atoms with van der Waals surface area (Å²) in [6.07, 6.45) is 1.13. The molecule has 0 saturated carbocycles. The number of hydrogen-bond acceptors (Lipinski definition) is 6. The minimum absolute atomic E-state index is 0.206. The molecule has 0 spiro atoms. The molecule has 2 aromatic carbocycles. The molecule has 0 amide bonds. The van der Waals surface area contributed by atoms with E-state index in [1.165, 1.54) is 24.3 Å². The van der Waals surface area contributed by atoms with Gasteiger partial charge in [0.15, 0.2) is 21.3 Å². The van der Waals surface area contributed by atoms with E-state index >= 15 is 0 Å². The maximum Gasteiger partial charge on any atom is 0.200 e. The molecule has 0 aliphatic rings. The van der Waals surface area contributed by atoms with Crippen molar-refractivity contribution in [3.63, 3.8) is 0 Å². The number of sulfone groups is 1. The zero-order valence-corrected chi connectivity index (χ0v) is 12.1. The zero-order valence-electron chi connectivity index (χ0n) is 11.2. The number of benzene rings is 2. The lowest BCUT2D eigenvalue weighted by Crippen LogP contribution is -2.01. The largest absolute Gasteiger partial charge is 0.504 e. The third kappa shape index (κ3) is 3.38. The number of aromatic hydroxyl groups is 3. The second-order valence-corrected chi connectivity index (χ2v) is 6.61. The number of anilines is 1. The summed E-state index contributed by atoms with van der Waals surface area (Å²) in [7, 11) is -3.23. The van der Waals surface area contributed by atoms with Gasteiger partial charge in [0.2, 0.25) is 5.75 Å². The number of hydrogen-bond donors (Lipinski definition) is 4. The summed E-state index contributed by atoms with van der Waals surface area (Å²) >= 11 is 0. The molecule has 2 aromatic rings. The molecular formula is C14H15NO5S. The SMILES string of the molecule is CS(=O)(=O)c1ccc(NCc2ccc(O)c(O)c2O)cc1. The van der Waals surface area contributed by atoms with E-state index in [-0.39, 0.29) is 11.4 Å². The van der Waals surface area contributed by atoms with E-state index in [1.807, 2.05) is 0 Å². The van der Waals surface area contributed by atoms with E-state index in [9.17, 15) is 23.7 Å². The van der Waals surface area contributed by atoms with Gasteiger partial charge in [-0.05, 0) is 36.4 Å². The molecule has 0 aliphatic heterocycles. The van der Waals surface area contributed by atoms with Gasteiger partial charge >= 0.3 is 0 Å². The summed E-state index contributed by atoms with van der Waals surface area (Å²) in [6, 6.07) is 8.92. The van der Waals surface area contributed by atoms with Crippen molar-refractivity contribution in [2.75, 3.05) is 11.6 Å². The van der Waals surface area contributed by atoms with E-state index < -0.39 is 27.1 Å². The molecule has 0 heterocycles. The predicted molar refractivity (Wildman–Crippen MR) is 78.3 cm³/mol. The van der Waals surface area contributed by atoms with Gasteiger partial charge in [-0.15, -0.1) is 0 Å². The number of rotatable bonds is 4. The third-order valence-electron chi connectivity index (χ3n) is 2.98. The van der Waals surface area contributed by atoms with Gasteiger partial charge in [-0.25, -0.2) is 8.42 Å². The van der Waals surface area contributed by atoms with Gasteiger partial charge < -0.3 is 20.6 Å². The van der Waals surface area contributed by atoms with Crippen LogP contribution < -0.4 is 5.32 Å². The smallest absolute Gasteiger partial charge is 0.200 e. The fourth-order valence-corrected chi connectivity index (χ4v) is 2.40. The van der Waals surface area contributed by atoms with Crippen molar-refractivity contribution in [3.8, 4) is 17.2 Å². The monoisotopic (exact) mass is 309 g/mol. The van der Waals surface area contributed by atoms with Crippen LogP contribution >= 0.6 is 0 Å². The second-order valence-electron chi connectivity index (χ2n) is 4.59. The molecule has 0 unspecified atom stereocenters. The average Bonchev–Trinajstić information content (AvgIpc) is 2.43. The molecule has 7 heteroatoms. The van der Waals surface area contributed by atoms with Crippen LogP contribution in [0, 0.1) is 0 Å². The Bertz CT molecular complexity index is 754. The van der Waals surface area contributed by atoms with Crippen LogP contribution in [0.2, 0.25) is 0 Å². The normalized spacial score (nSPS) is 11.3. The van der Waals surface area contributed by atoms with Gasteiger partial charge in [-0.1, -0.05) is 0 Å². The van der Waals surface area contributed by atoms with Crippen molar-refractivity contribution < 1.29 is 23.7 Å². The summed E-state index contributed by atoms with van der Waals surface area (Å²) in [5.41, 5.74) is 1.06. The fraction of sp³-hybridized carbons (Fsp3) is 0.143. The maximum absolute atomic E-state index is 11.3. The first kappa shape index (κ1) is 15.0. The van der Waals surface area contributed by atoms with Crippen molar-refractivity contribution >= 4 is 15.5 Å². The quantitative estimate of drug-likeness (QED) is 0.642. The van der Waals surface area contributed by atoms with Crippen LogP contribution in [0.1, 0.15) is 5.56 Å². The van der Waals surface area contributed by atoms with Crippen molar-refractivity contribution in [2.45, 2.75) is 11.4 Å². The molecule has 0 atom stereocenters. The van der Waals surface area contributed by atoms with E-state index in [0.29, 0.717) is 11.3 Å². The van der Waals surface area contributed by atoms with Crippen LogP contribution in [0.25, 0.3) is 0 Å². The van der Waals surface area contributed by atoms with Crippen LogP contribution in [0.3, 0.4) is 0 Å². The van der Waals surface area contributed by atoms with Gasteiger partial charge in [0.1, 0.15) is 0 Å². The van der Waals surface area contributed by atoms with Crippen molar-refractivity contribution in [1.29, 1.82) is 0 Å². The summed E-state index contributed by atoms with van der Waals surface area (Å²) < 4.78 is 22.7. The summed E-state index contributed by atoms with van der Waals surface area (Å²) in [5.74, 6) is -1.36. The minimum Gasteiger partial charge on any atom is -0.504 e. The van der Waals surface area contributed by atoms with Crippen LogP contribution in [-0.4, -0.2) is 30.0 Å². The van der Waals surface area contributed by atoms with E-state index in [1.54, 1.807) is 12.1 Å². The van der Waals surface area contributed by atoms with Gasteiger partial charge in [0, 0.05) is 24.1 Å². The molecule has 112 valence electrons. The zero-order chi connectivity index (χ0) is 15.6. The van der Waals surface area contributed by atoms with E-state index in [4.69, 9.17) is 0 Å². The Labute approximate surface area is 122 Å². The van der Waals surface area contributed by atoms with Crippen LogP contribution in [0.15, 0.2) is 41.3 Å². The van der Waals surface area contributed by atoms with Gasteiger partial charge in [0.25, 0.3) is 0 Å². The molecule has 0 aliphatic carbocycles. The molecule has 6 nitrogen and oxygen atoms in total. The van der Waals surface area contributed by atoms with Gasteiger partial charge in [-0.3, -0.25) is 0 Å². The minimum atomic E-state index is -3.23. The van der Waals surface area contributed by atoms with E-state index in [0.717, 1.165) is 6.26 Å². The highest BCUT2D eigenvalue weighted by molar-refractivity contribution is 7.90. The molecular weight excluding hydrogens is 294 g/mol. The first-order chi connectivity index (χ1) is 9.79. The molecule has 2 rings (SSSR count). The Balaban J connectivity index is 2.12. The first-order valence-corrected chi connectivity index (χ1v) is 7.95. The average molecular weight is 309 g/mol. The molecule has 0 bridgehead atoms. The number of phenols is 3. The predicted octanol–water partition coefficient (Wildman–Crippen LogP) is 1.82. The molecule has 0 aromatic heterocycles. The highest BCUT2D eigenvalue weighted by atomic mass is 32.2. The summed E-state index contributed by atoms with van der Waals surface area (Å²) in [4.78, 5) is 0.221. The summed E-state index contributed by atoms with van der Waals surface area (Å²) in [6.45, 7) is 0.206. The highest BCUT2D eigenvalue weighted by Crippen LogP contribution is 2.37. The van der Waals surface area contributed by atoms with Crippen molar-refractivity contribution in [3.05, 3.63) is 42.0 Å². The Morgan fingerprint density at radius 3 is 2.14 bits per heavy atom. The third-order valence-corrected chi connectivity index (χ3v) is 4.11. The Morgan fingerprint density at radius 1 is 0.952 bits per heavy atom. The van der Waals surface area contributed by atoms with Crippen molar-refractivity contribution in [1.82, 2.24) is 0 Å². The molecule has 0 fully saturated rings. The second kappa shape index (κ2) is 5.53. The topological polar surface area (TPSA) is 107 Å². The van der Waals surface area contributed by atoms with Crippen molar-refractivity contribution in [2.24, 2.45) is 0 Å². The molecule has 21 heavy (non-hydrogen) atoms. The lowest BCUT2D eigenvalue weighted by molar-refractivity contribution is 0.365. The Kier molecular flexibility index (Phi) is 3.95. The van der Waals surface area contributed by atoms with E-state index in [2.05, 4.69) is 5.32 Å². The standard InChI is InChI=1S/C14H15NO5S/c1-21(19,20)11-5-3-10(4-6-11)15-8-9-2-7-12(16)14(18)13(9)17/h2-7,15-18H,8H2,1H3. The van der Waals surface area contributed by atoms with Crippen LogP contribution in [0.4, 0.5) is 5.69 Å². The Morgan fingerprint density at radius 2 is 1.57 bits per heavy atom. The van der Waals surface area contributed by atoms with Crippen LogP contribution in [-0.2, 0) is 16.4 Å².